The number of amides is 3. The number of hydrogen-bond acceptors (Lipinski definition) is 3. The van der Waals surface area contributed by atoms with Crippen LogP contribution in [0.4, 0.5) is 4.79 Å². The molecular weight excluding hydrogens is 322 g/mol. The first-order valence-corrected chi connectivity index (χ1v) is 9.53. The molecule has 1 aromatic carbocycles. The number of thioether (sulfide) groups is 1. The van der Waals surface area contributed by atoms with E-state index in [0.29, 0.717) is 13.1 Å². The quantitative estimate of drug-likeness (QED) is 0.803. The zero-order chi connectivity index (χ0) is 17.5. The third kappa shape index (κ3) is 5.44. The average Bonchev–Trinajstić information content (AvgIpc) is 2.56. The lowest BCUT2D eigenvalue weighted by Gasteiger charge is -2.33. The Morgan fingerprint density at radius 1 is 1.25 bits per heavy atom. The molecule has 3 amide bonds. The summed E-state index contributed by atoms with van der Waals surface area (Å²) in [5.74, 6) is 1.05. The van der Waals surface area contributed by atoms with Crippen molar-refractivity contribution in [2.45, 2.75) is 50.6 Å². The molecule has 1 aliphatic heterocycles. The van der Waals surface area contributed by atoms with Crippen molar-refractivity contribution in [3.05, 3.63) is 29.8 Å². The fraction of sp³-hybridized carbons (Fsp3) is 0.556. The Balaban J connectivity index is 1.82. The summed E-state index contributed by atoms with van der Waals surface area (Å²) in [6.07, 6.45) is 1.62. The zero-order valence-electron chi connectivity index (χ0n) is 14.7. The number of urea groups is 1. The van der Waals surface area contributed by atoms with E-state index in [-0.39, 0.29) is 24.0 Å². The summed E-state index contributed by atoms with van der Waals surface area (Å²) >= 11 is 1.81. The van der Waals surface area contributed by atoms with Crippen molar-refractivity contribution in [3.63, 3.8) is 0 Å². The van der Waals surface area contributed by atoms with E-state index in [2.05, 4.69) is 41.8 Å². The van der Waals surface area contributed by atoms with E-state index >= 15 is 0 Å². The summed E-state index contributed by atoms with van der Waals surface area (Å²) in [7, 11) is 0. The first-order valence-electron chi connectivity index (χ1n) is 8.55. The third-order valence-corrected chi connectivity index (χ3v) is 5.11. The third-order valence-electron chi connectivity index (χ3n) is 4.22. The number of carbonyl (C=O) groups excluding carboxylic acids is 2. The van der Waals surface area contributed by atoms with Crippen molar-refractivity contribution >= 4 is 23.7 Å². The molecule has 2 N–H and O–H groups in total. The van der Waals surface area contributed by atoms with Crippen molar-refractivity contribution in [2.75, 3.05) is 18.8 Å². The van der Waals surface area contributed by atoms with Crippen LogP contribution < -0.4 is 10.6 Å². The molecule has 2 rings (SSSR count). The fourth-order valence-electron chi connectivity index (χ4n) is 2.89. The number of carbonyl (C=O) groups is 2. The number of piperidine rings is 1. The SMILES string of the molecule is CCSc1ccc([C@@H](C)NC(=O)N2CCC(NC(C)=O)CC2)cc1. The summed E-state index contributed by atoms with van der Waals surface area (Å²) < 4.78 is 0. The highest BCUT2D eigenvalue weighted by atomic mass is 32.2. The van der Waals surface area contributed by atoms with Gasteiger partial charge in [0.25, 0.3) is 0 Å². The highest BCUT2D eigenvalue weighted by Gasteiger charge is 2.24. The Morgan fingerprint density at radius 2 is 1.88 bits per heavy atom. The molecule has 24 heavy (non-hydrogen) atoms. The van der Waals surface area contributed by atoms with E-state index in [1.165, 1.54) is 11.8 Å². The van der Waals surface area contributed by atoms with Gasteiger partial charge in [0.1, 0.15) is 0 Å². The standard InChI is InChI=1S/C18H27N3O2S/c1-4-24-17-7-5-15(6-8-17)13(2)19-18(23)21-11-9-16(10-12-21)20-14(3)22/h5-8,13,16H,4,9-12H2,1-3H3,(H,19,23)(H,20,22)/t13-/m1/s1. The van der Waals surface area contributed by atoms with Crippen LogP contribution in [0.3, 0.4) is 0 Å². The van der Waals surface area contributed by atoms with Gasteiger partial charge in [-0.2, -0.15) is 0 Å². The zero-order valence-corrected chi connectivity index (χ0v) is 15.5. The van der Waals surface area contributed by atoms with Gasteiger partial charge in [0.15, 0.2) is 0 Å². The number of benzene rings is 1. The van der Waals surface area contributed by atoms with Crippen LogP contribution in [0.1, 0.15) is 45.2 Å². The van der Waals surface area contributed by atoms with Gasteiger partial charge in [-0.3, -0.25) is 4.79 Å². The Kier molecular flexibility index (Phi) is 6.97. The van der Waals surface area contributed by atoms with Gasteiger partial charge in [0, 0.05) is 31.0 Å². The molecule has 0 radical (unpaired) electrons. The van der Waals surface area contributed by atoms with Gasteiger partial charge in [-0.05, 0) is 43.2 Å². The lowest BCUT2D eigenvalue weighted by molar-refractivity contribution is -0.119. The van der Waals surface area contributed by atoms with Crippen LogP contribution >= 0.6 is 11.8 Å². The Labute approximate surface area is 148 Å². The Hall–Kier alpha value is -1.69. The minimum Gasteiger partial charge on any atom is -0.353 e. The molecule has 6 heteroatoms. The van der Waals surface area contributed by atoms with Gasteiger partial charge in [-0.1, -0.05) is 19.1 Å². The molecule has 1 heterocycles. The van der Waals surface area contributed by atoms with E-state index in [9.17, 15) is 9.59 Å². The molecular formula is C18H27N3O2S. The van der Waals surface area contributed by atoms with E-state index < -0.39 is 0 Å². The highest BCUT2D eigenvalue weighted by molar-refractivity contribution is 7.99. The lowest BCUT2D eigenvalue weighted by atomic mass is 10.1. The van der Waals surface area contributed by atoms with Gasteiger partial charge in [-0.15, -0.1) is 11.8 Å². The normalized spacial score (nSPS) is 16.5. The number of nitrogens with zero attached hydrogens (tertiary/aromatic N) is 1. The topological polar surface area (TPSA) is 61.4 Å². The van der Waals surface area contributed by atoms with Crippen LogP contribution in [0.15, 0.2) is 29.2 Å². The molecule has 0 bridgehead atoms. The Morgan fingerprint density at radius 3 is 2.42 bits per heavy atom. The maximum atomic E-state index is 12.4. The monoisotopic (exact) mass is 349 g/mol. The van der Waals surface area contributed by atoms with Crippen molar-refractivity contribution in [2.24, 2.45) is 0 Å². The second-order valence-corrected chi connectivity index (χ2v) is 7.47. The van der Waals surface area contributed by atoms with Crippen LogP contribution in [-0.2, 0) is 4.79 Å². The van der Waals surface area contributed by atoms with E-state index in [1.807, 2.05) is 23.6 Å². The minimum atomic E-state index is -0.0317. The minimum absolute atomic E-state index is 0.00351. The summed E-state index contributed by atoms with van der Waals surface area (Å²) in [5.41, 5.74) is 1.11. The van der Waals surface area contributed by atoms with Crippen LogP contribution in [0.25, 0.3) is 0 Å². The summed E-state index contributed by atoms with van der Waals surface area (Å²) in [4.78, 5) is 26.6. The van der Waals surface area contributed by atoms with E-state index in [4.69, 9.17) is 0 Å². The molecule has 0 saturated carbocycles. The summed E-state index contributed by atoms with van der Waals surface area (Å²) in [6.45, 7) is 7.02. The van der Waals surface area contributed by atoms with Gasteiger partial charge in [-0.25, -0.2) is 4.79 Å². The van der Waals surface area contributed by atoms with Crippen LogP contribution in [0.5, 0.6) is 0 Å². The van der Waals surface area contributed by atoms with Crippen LogP contribution in [0, 0.1) is 0 Å². The van der Waals surface area contributed by atoms with Crippen LogP contribution in [-0.4, -0.2) is 41.7 Å². The molecule has 0 aromatic heterocycles. The molecule has 0 unspecified atom stereocenters. The predicted molar refractivity (Wildman–Crippen MR) is 98.2 cm³/mol. The number of rotatable bonds is 5. The van der Waals surface area contributed by atoms with Crippen LogP contribution in [0.2, 0.25) is 0 Å². The molecule has 132 valence electrons. The van der Waals surface area contributed by atoms with Gasteiger partial charge in [0.2, 0.25) is 5.91 Å². The summed E-state index contributed by atoms with van der Waals surface area (Å²) in [5, 5.41) is 5.99. The lowest BCUT2D eigenvalue weighted by Crippen LogP contribution is -2.49. The molecule has 1 atom stereocenters. The van der Waals surface area contributed by atoms with Crippen molar-refractivity contribution < 1.29 is 9.59 Å². The maximum Gasteiger partial charge on any atom is 0.317 e. The predicted octanol–water partition coefficient (Wildman–Crippen LogP) is 3.17. The van der Waals surface area contributed by atoms with Gasteiger partial charge < -0.3 is 15.5 Å². The van der Waals surface area contributed by atoms with Gasteiger partial charge in [0.05, 0.1) is 6.04 Å². The molecule has 1 aromatic rings. The molecule has 1 fully saturated rings. The highest BCUT2D eigenvalue weighted by Crippen LogP contribution is 2.21. The largest absolute Gasteiger partial charge is 0.353 e. The Bertz CT molecular complexity index is 554. The average molecular weight is 350 g/mol. The van der Waals surface area contributed by atoms with Crippen molar-refractivity contribution in [1.29, 1.82) is 0 Å². The van der Waals surface area contributed by atoms with Crippen molar-refractivity contribution in [1.82, 2.24) is 15.5 Å². The molecule has 1 aliphatic rings. The second kappa shape index (κ2) is 8.97. The molecule has 5 nitrogen and oxygen atoms in total. The number of likely N-dealkylation sites (tertiary alicyclic amines) is 1. The number of hydrogen-bond donors (Lipinski definition) is 2. The van der Waals surface area contributed by atoms with Gasteiger partial charge >= 0.3 is 6.03 Å². The molecule has 1 saturated heterocycles. The molecule has 0 spiro atoms. The van der Waals surface area contributed by atoms with E-state index in [1.54, 1.807) is 0 Å². The second-order valence-electron chi connectivity index (χ2n) is 6.14. The molecule has 0 aliphatic carbocycles. The maximum absolute atomic E-state index is 12.4. The smallest absolute Gasteiger partial charge is 0.317 e. The first kappa shape index (κ1) is 18.6. The van der Waals surface area contributed by atoms with Crippen molar-refractivity contribution in [3.8, 4) is 0 Å². The fourth-order valence-corrected chi connectivity index (χ4v) is 3.56. The number of nitrogens with one attached hydrogen (secondary N) is 2. The first-order chi connectivity index (χ1) is 11.5. The van der Waals surface area contributed by atoms with E-state index in [0.717, 1.165) is 24.2 Å². The summed E-state index contributed by atoms with van der Waals surface area (Å²) in [6, 6.07) is 8.49.